The van der Waals surface area contributed by atoms with Crippen LogP contribution in [0.25, 0.3) is 10.9 Å². The summed E-state index contributed by atoms with van der Waals surface area (Å²) in [6.07, 6.45) is 1.47. The van der Waals surface area contributed by atoms with Gasteiger partial charge in [0.1, 0.15) is 0 Å². The Kier molecular flexibility index (Phi) is 6.05. The Morgan fingerprint density at radius 2 is 2.09 bits per heavy atom. The third-order valence-electron chi connectivity index (χ3n) is 3.98. The first-order valence-electron chi connectivity index (χ1n) is 7.10. The molecule has 0 aliphatic rings. The summed E-state index contributed by atoms with van der Waals surface area (Å²) in [6, 6.07) is 4.23. The van der Waals surface area contributed by atoms with Crippen LogP contribution in [0.2, 0.25) is 0 Å². The molecule has 23 heavy (non-hydrogen) atoms. The van der Waals surface area contributed by atoms with Gasteiger partial charge >= 0.3 is 0 Å². The fourth-order valence-electron chi connectivity index (χ4n) is 2.13. The second kappa shape index (κ2) is 7.38. The van der Waals surface area contributed by atoms with Gasteiger partial charge in [-0.15, -0.1) is 12.4 Å². The summed E-state index contributed by atoms with van der Waals surface area (Å²) in [5.41, 5.74) is 6.30. The number of benzene rings is 1. The summed E-state index contributed by atoms with van der Waals surface area (Å²) in [5, 5.41) is 20.7. The number of carbonyl (C=O) groups excluding carboxylic acids is 1. The summed E-state index contributed by atoms with van der Waals surface area (Å²) in [4.78, 5) is 22.6. The number of halogens is 1. The Hall–Kier alpha value is -2.19. The first-order chi connectivity index (χ1) is 10.4. The van der Waals surface area contributed by atoms with Gasteiger partial charge < -0.3 is 11.1 Å². The molecular weight excluding hydrogens is 322 g/mol. The molecule has 2 aromatic rings. The van der Waals surface area contributed by atoms with Gasteiger partial charge in [-0.1, -0.05) is 13.8 Å². The molecule has 0 saturated heterocycles. The standard InChI is InChI=1S/C14H19N5O3.ClH/c1-3-14(15,4-2)8-16-13(20)12-10-7-9(19(21)22)5-6-11(10)17-18-12;/h5-7H,3-4,8,15H2,1-2H3,(H,16,20)(H,17,18);1H. The smallest absolute Gasteiger partial charge is 0.272 e. The quantitative estimate of drug-likeness (QED) is 0.548. The molecule has 0 saturated carbocycles. The van der Waals surface area contributed by atoms with Gasteiger partial charge in [0.2, 0.25) is 0 Å². The number of nitrogens with one attached hydrogen (secondary N) is 2. The Morgan fingerprint density at radius 1 is 1.43 bits per heavy atom. The van der Waals surface area contributed by atoms with Crippen molar-refractivity contribution >= 4 is 34.9 Å². The Bertz CT molecular complexity index is 712. The van der Waals surface area contributed by atoms with E-state index < -0.39 is 16.4 Å². The summed E-state index contributed by atoms with van der Waals surface area (Å²) in [5.74, 6) is -0.400. The highest BCUT2D eigenvalue weighted by atomic mass is 35.5. The monoisotopic (exact) mass is 341 g/mol. The van der Waals surface area contributed by atoms with Crippen molar-refractivity contribution in [3.63, 3.8) is 0 Å². The van der Waals surface area contributed by atoms with Gasteiger partial charge in [-0.05, 0) is 18.9 Å². The van der Waals surface area contributed by atoms with Gasteiger partial charge in [-0.2, -0.15) is 5.10 Å². The van der Waals surface area contributed by atoms with Crippen LogP contribution in [0.15, 0.2) is 18.2 Å². The lowest BCUT2D eigenvalue weighted by Gasteiger charge is -2.26. The zero-order valence-electron chi connectivity index (χ0n) is 13.0. The fourth-order valence-corrected chi connectivity index (χ4v) is 2.13. The number of rotatable bonds is 6. The van der Waals surface area contributed by atoms with Gasteiger partial charge in [0, 0.05) is 29.6 Å². The largest absolute Gasteiger partial charge is 0.349 e. The van der Waals surface area contributed by atoms with Crippen LogP contribution < -0.4 is 11.1 Å². The van der Waals surface area contributed by atoms with Crippen LogP contribution in [0.5, 0.6) is 0 Å². The predicted molar refractivity (Wildman–Crippen MR) is 89.8 cm³/mol. The molecule has 1 aromatic heterocycles. The van der Waals surface area contributed by atoms with Crippen LogP contribution in [-0.2, 0) is 0 Å². The maximum atomic E-state index is 12.3. The van der Waals surface area contributed by atoms with Crippen molar-refractivity contribution in [3.8, 4) is 0 Å². The minimum absolute atomic E-state index is 0. The van der Waals surface area contributed by atoms with Crippen molar-refractivity contribution in [3.05, 3.63) is 34.0 Å². The zero-order chi connectivity index (χ0) is 16.3. The van der Waals surface area contributed by atoms with Crippen molar-refractivity contribution in [2.24, 2.45) is 5.73 Å². The van der Waals surface area contributed by atoms with Gasteiger partial charge in [0.25, 0.3) is 11.6 Å². The van der Waals surface area contributed by atoms with Crippen molar-refractivity contribution < 1.29 is 9.72 Å². The van der Waals surface area contributed by atoms with Crippen molar-refractivity contribution in [1.82, 2.24) is 15.5 Å². The molecule has 0 aliphatic carbocycles. The lowest BCUT2D eigenvalue weighted by atomic mass is 9.94. The molecule has 2 rings (SSSR count). The number of aromatic nitrogens is 2. The Morgan fingerprint density at radius 3 is 2.65 bits per heavy atom. The topological polar surface area (TPSA) is 127 Å². The number of non-ortho nitro benzene ring substituents is 1. The molecule has 0 radical (unpaired) electrons. The number of hydrogen-bond acceptors (Lipinski definition) is 5. The summed E-state index contributed by atoms with van der Waals surface area (Å²) in [6.45, 7) is 4.24. The van der Waals surface area contributed by atoms with Crippen molar-refractivity contribution in [2.45, 2.75) is 32.2 Å². The molecule has 0 aliphatic heterocycles. The molecule has 4 N–H and O–H groups in total. The highest BCUT2D eigenvalue weighted by Gasteiger charge is 2.23. The van der Waals surface area contributed by atoms with Crippen molar-refractivity contribution in [1.29, 1.82) is 0 Å². The van der Waals surface area contributed by atoms with Crippen LogP contribution in [0.3, 0.4) is 0 Å². The van der Waals surface area contributed by atoms with E-state index in [2.05, 4.69) is 15.5 Å². The number of amides is 1. The number of hydrogen-bond donors (Lipinski definition) is 3. The molecule has 8 nitrogen and oxygen atoms in total. The fraction of sp³-hybridized carbons (Fsp3) is 0.429. The molecule has 0 bridgehead atoms. The first kappa shape index (κ1) is 18.9. The van der Waals surface area contributed by atoms with Crippen LogP contribution >= 0.6 is 12.4 Å². The molecular formula is C14H20ClN5O3. The molecule has 1 amide bonds. The molecule has 1 heterocycles. The van der Waals surface area contributed by atoms with Crippen LogP contribution in [0.4, 0.5) is 5.69 Å². The van der Waals surface area contributed by atoms with Crippen molar-refractivity contribution in [2.75, 3.05) is 6.54 Å². The van der Waals surface area contributed by atoms with Gasteiger partial charge in [-0.25, -0.2) is 0 Å². The Balaban J connectivity index is 0.00000264. The number of H-pyrrole nitrogens is 1. The molecule has 9 heteroatoms. The minimum Gasteiger partial charge on any atom is -0.349 e. The number of carbonyl (C=O) groups is 1. The number of nitro groups is 1. The average Bonchev–Trinajstić information content (AvgIpc) is 2.95. The summed E-state index contributed by atoms with van der Waals surface area (Å²) >= 11 is 0. The van der Waals surface area contributed by atoms with E-state index in [-0.39, 0.29) is 23.8 Å². The Labute approximate surface area is 139 Å². The van der Waals surface area contributed by atoms with Gasteiger partial charge in [0.15, 0.2) is 5.69 Å². The molecule has 1 aromatic carbocycles. The number of aromatic amines is 1. The maximum Gasteiger partial charge on any atom is 0.272 e. The van der Waals surface area contributed by atoms with E-state index in [1.165, 1.54) is 18.2 Å². The SMILES string of the molecule is CCC(N)(CC)CNC(=O)c1n[nH]c2ccc([N+](=O)[O-])cc12.Cl. The van der Waals surface area contributed by atoms with E-state index >= 15 is 0 Å². The number of fused-ring (bicyclic) bond motifs is 1. The van der Waals surface area contributed by atoms with E-state index in [0.29, 0.717) is 17.4 Å². The summed E-state index contributed by atoms with van der Waals surface area (Å²) < 4.78 is 0. The van der Waals surface area contributed by atoms with E-state index in [4.69, 9.17) is 5.73 Å². The van der Waals surface area contributed by atoms with E-state index in [0.717, 1.165) is 12.8 Å². The van der Waals surface area contributed by atoms with Crippen LogP contribution in [-0.4, -0.2) is 33.1 Å². The zero-order valence-corrected chi connectivity index (χ0v) is 13.8. The number of nitro benzene ring substituents is 1. The molecule has 126 valence electrons. The van der Waals surface area contributed by atoms with E-state index in [1.54, 1.807) is 0 Å². The lowest BCUT2D eigenvalue weighted by Crippen LogP contribution is -2.49. The minimum atomic E-state index is -0.507. The normalized spacial score (nSPS) is 11.1. The molecule has 0 atom stereocenters. The maximum absolute atomic E-state index is 12.3. The highest BCUT2D eigenvalue weighted by molar-refractivity contribution is 6.05. The second-order valence-corrected chi connectivity index (χ2v) is 5.31. The molecule has 0 fully saturated rings. The van der Waals surface area contributed by atoms with Gasteiger partial charge in [0.05, 0.1) is 10.4 Å². The number of nitrogens with zero attached hydrogens (tertiary/aromatic N) is 2. The number of nitrogens with two attached hydrogens (primary N) is 1. The lowest BCUT2D eigenvalue weighted by molar-refractivity contribution is -0.384. The third-order valence-corrected chi connectivity index (χ3v) is 3.98. The molecule has 0 unspecified atom stereocenters. The highest BCUT2D eigenvalue weighted by Crippen LogP contribution is 2.22. The van der Waals surface area contributed by atoms with Crippen LogP contribution in [0.1, 0.15) is 37.2 Å². The first-order valence-corrected chi connectivity index (χ1v) is 7.10. The average molecular weight is 342 g/mol. The second-order valence-electron chi connectivity index (χ2n) is 5.31. The third kappa shape index (κ3) is 3.96. The van der Waals surface area contributed by atoms with E-state index in [9.17, 15) is 14.9 Å². The van der Waals surface area contributed by atoms with E-state index in [1.807, 2.05) is 13.8 Å². The predicted octanol–water partition coefficient (Wildman–Crippen LogP) is 2.14. The van der Waals surface area contributed by atoms with Crippen LogP contribution in [0, 0.1) is 10.1 Å². The summed E-state index contributed by atoms with van der Waals surface area (Å²) in [7, 11) is 0. The molecule has 0 spiro atoms. The van der Waals surface area contributed by atoms with Gasteiger partial charge in [-0.3, -0.25) is 20.0 Å².